The third-order valence-electron chi connectivity index (χ3n) is 2.62. The fraction of sp³-hybridized carbons (Fsp3) is 0.154. The van der Waals surface area contributed by atoms with Gasteiger partial charge in [0.05, 0.1) is 5.02 Å². The van der Waals surface area contributed by atoms with E-state index >= 15 is 0 Å². The van der Waals surface area contributed by atoms with Crippen molar-refractivity contribution in [3.63, 3.8) is 0 Å². The minimum absolute atomic E-state index is 0.251. The lowest BCUT2D eigenvalue weighted by Crippen LogP contribution is -1.89. The second-order valence-electron chi connectivity index (χ2n) is 4.01. The van der Waals surface area contributed by atoms with Gasteiger partial charge >= 0.3 is 5.97 Å². The molecule has 2 aromatic rings. The van der Waals surface area contributed by atoms with E-state index in [1.807, 2.05) is 6.92 Å². The van der Waals surface area contributed by atoms with Crippen LogP contribution in [0, 0.1) is 19.7 Å². The maximum atomic E-state index is 13.3. The van der Waals surface area contributed by atoms with Gasteiger partial charge in [0.1, 0.15) is 10.7 Å². The zero-order valence-electron chi connectivity index (χ0n) is 9.75. The summed E-state index contributed by atoms with van der Waals surface area (Å²) in [6.45, 7) is 3.46. The molecule has 0 amide bonds. The summed E-state index contributed by atoms with van der Waals surface area (Å²) >= 11 is 7.16. The highest BCUT2D eigenvalue weighted by molar-refractivity contribution is 7.17. The molecule has 0 spiro atoms. The molecule has 0 aliphatic carbocycles. The second-order valence-corrected chi connectivity index (χ2v) is 5.47. The van der Waals surface area contributed by atoms with Crippen molar-refractivity contribution in [3.05, 3.63) is 45.0 Å². The number of carboxylic acids is 1. The molecule has 1 N–H and O–H groups in total. The van der Waals surface area contributed by atoms with Gasteiger partial charge in [0, 0.05) is 10.4 Å². The molecule has 0 saturated heterocycles. The van der Waals surface area contributed by atoms with Gasteiger partial charge in [-0.1, -0.05) is 11.6 Å². The summed E-state index contributed by atoms with van der Waals surface area (Å²) in [6.07, 6.45) is 0. The highest BCUT2D eigenvalue weighted by atomic mass is 35.5. The molecule has 1 aromatic carbocycles. The first-order valence-corrected chi connectivity index (χ1v) is 6.39. The van der Waals surface area contributed by atoms with E-state index in [9.17, 15) is 9.18 Å². The minimum atomic E-state index is -0.968. The minimum Gasteiger partial charge on any atom is -0.477 e. The number of hydrogen-bond acceptors (Lipinski definition) is 2. The second kappa shape index (κ2) is 4.71. The normalized spacial score (nSPS) is 10.7. The smallest absolute Gasteiger partial charge is 0.345 e. The summed E-state index contributed by atoms with van der Waals surface area (Å²) in [4.78, 5) is 11.9. The quantitative estimate of drug-likeness (QED) is 0.880. The van der Waals surface area contributed by atoms with Crippen LogP contribution in [-0.2, 0) is 0 Å². The van der Waals surface area contributed by atoms with Gasteiger partial charge in [0.15, 0.2) is 0 Å². The average molecular weight is 285 g/mol. The molecule has 0 unspecified atom stereocenters. The van der Waals surface area contributed by atoms with E-state index < -0.39 is 5.97 Å². The van der Waals surface area contributed by atoms with Crippen LogP contribution in [0.2, 0.25) is 5.02 Å². The summed E-state index contributed by atoms with van der Waals surface area (Å²) in [6, 6.07) is 4.49. The number of benzene rings is 1. The van der Waals surface area contributed by atoms with Crippen LogP contribution in [0.25, 0.3) is 10.4 Å². The zero-order chi connectivity index (χ0) is 13.4. The first kappa shape index (κ1) is 13.1. The first-order valence-electron chi connectivity index (χ1n) is 5.20. The fourth-order valence-electron chi connectivity index (χ4n) is 1.69. The Hall–Kier alpha value is -1.39. The van der Waals surface area contributed by atoms with Crippen molar-refractivity contribution in [2.45, 2.75) is 13.8 Å². The van der Waals surface area contributed by atoms with E-state index in [0.29, 0.717) is 16.1 Å². The Morgan fingerprint density at radius 1 is 1.28 bits per heavy atom. The number of carbonyl (C=O) groups is 1. The molecule has 5 heteroatoms. The summed E-state index contributed by atoms with van der Waals surface area (Å²) in [5.41, 5.74) is 1.98. The van der Waals surface area contributed by atoms with Crippen molar-refractivity contribution in [3.8, 4) is 10.4 Å². The lowest BCUT2D eigenvalue weighted by molar-refractivity contribution is 0.0702. The molecule has 0 aliphatic heterocycles. The third-order valence-corrected chi connectivity index (χ3v) is 4.19. The molecule has 18 heavy (non-hydrogen) atoms. The number of halogens is 2. The van der Waals surface area contributed by atoms with Crippen molar-refractivity contribution in [2.75, 3.05) is 0 Å². The van der Waals surface area contributed by atoms with Crippen molar-refractivity contribution in [1.82, 2.24) is 0 Å². The van der Waals surface area contributed by atoms with E-state index in [-0.39, 0.29) is 10.7 Å². The largest absolute Gasteiger partial charge is 0.477 e. The molecule has 1 heterocycles. The van der Waals surface area contributed by atoms with Crippen LogP contribution in [0.3, 0.4) is 0 Å². The van der Waals surface area contributed by atoms with E-state index in [2.05, 4.69) is 0 Å². The SMILES string of the molecule is Cc1cc(-c2sc(C(=O)O)cc2C)c(Cl)cc1F. The summed E-state index contributed by atoms with van der Waals surface area (Å²) in [5, 5.41) is 9.25. The maximum Gasteiger partial charge on any atom is 0.345 e. The van der Waals surface area contributed by atoms with E-state index in [0.717, 1.165) is 21.8 Å². The Balaban J connectivity index is 2.62. The molecule has 2 nitrogen and oxygen atoms in total. The molecule has 0 bridgehead atoms. The number of carboxylic acid groups (broad SMARTS) is 1. The van der Waals surface area contributed by atoms with Crippen LogP contribution in [0.15, 0.2) is 18.2 Å². The Morgan fingerprint density at radius 3 is 2.50 bits per heavy atom. The van der Waals surface area contributed by atoms with Gasteiger partial charge in [-0.25, -0.2) is 9.18 Å². The highest BCUT2D eigenvalue weighted by Gasteiger charge is 2.16. The van der Waals surface area contributed by atoms with Crippen LogP contribution in [0.1, 0.15) is 20.8 Å². The van der Waals surface area contributed by atoms with Crippen LogP contribution in [-0.4, -0.2) is 11.1 Å². The van der Waals surface area contributed by atoms with Gasteiger partial charge < -0.3 is 5.11 Å². The van der Waals surface area contributed by atoms with Crippen molar-refractivity contribution < 1.29 is 14.3 Å². The number of aryl methyl sites for hydroxylation is 2. The number of rotatable bonds is 2. The summed E-state index contributed by atoms with van der Waals surface area (Å²) < 4.78 is 13.3. The standard InChI is InChI=1S/C13H10ClFO2S/c1-6-3-8(9(14)5-10(6)15)12-7(2)4-11(18-12)13(16)17/h3-5H,1-2H3,(H,16,17). The van der Waals surface area contributed by atoms with Crippen molar-refractivity contribution in [1.29, 1.82) is 0 Å². The molecular weight excluding hydrogens is 275 g/mol. The average Bonchev–Trinajstić information content (AvgIpc) is 2.66. The topological polar surface area (TPSA) is 37.3 Å². The molecule has 0 saturated carbocycles. The first-order chi connectivity index (χ1) is 8.40. The summed E-state index contributed by atoms with van der Waals surface area (Å²) in [7, 11) is 0. The lowest BCUT2D eigenvalue weighted by Gasteiger charge is -2.05. The number of thiophene rings is 1. The molecule has 94 valence electrons. The van der Waals surface area contributed by atoms with Gasteiger partial charge in [0.2, 0.25) is 0 Å². The van der Waals surface area contributed by atoms with Gasteiger partial charge in [-0.3, -0.25) is 0 Å². The Labute approximate surface area is 113 Å². The molecule has 0 aliphatic rings. The molecule has 2 rings (SSSR count). The molecular formula is C13H10ClFO2S. The predicted molar refractivity (Wildman–Crippen MR) is 71.2 cm³/mol. The van der Waals surface area contributed by atoms with Gasteiger partial charge in [-0.05, 0) is 43.2 Å². The van der Waals surface area contributed by atoms with Gasteiger partial charge in [-0.15, -0.1) is 11.3 Å². The van der Waals surface area contributed by atoms with Gasteiger partial charge in [0.25, 0.3) is 0 Å². The Morgan fingerprint density at radius 2 is 1.94 bits per heavy atom. The summed E-state index contributed by atoms with van der Waals surface area (Å²) in [5.74, 6) is -1.33. The Kier molecular flexibility index (Phi) is 3.41. The van der Waals surface area contributed by atoms with Crippen LogP contribution >= 0.6 is 22.9 Å². The van der Waals surface area contributed by atoms with E-state index in [4.69, 9.17) is 16.7 Å². The predicted octanol–water partition coefficient (Wildman–Crippen LogP) is 4.52. The van der Waals surface area contributed by atoms with Crippen LogP contribution in [0.4, 0.5) is 4.39 Å². The monoisotopic (exact) mass is 284 g/mol. The molecule has 0 fully saturated rings. The van der Waals surface area contributed by atoms with Gasteiger partial charge in [-0.2, -0.15) is 0 Å². The lowest BCUT2D eigenvalue weighted by atomic mass is 10.1. The van der Waals surface area contributed by atoms with Crippen LogP contribution < -0.4 is 0 Å². The van der Waals surface area contributed by atoms with E-state index in [1.54, 1.807) is 19.1 Å². The van der Waals surface area contributed by atoms with E-state index in [1.165, 1.54) is 6.07 Å². The maximum absolute atomic E-state index is 13.3. The number of hydrogen-bond donors (Lipinski definition) is 1. The van der Waals surface area contributed by atoms with Crippen LogP contribution in [0.5, 0.6) is 0 Å². The molecule has 0 atom stereocenters. The number of aromatic carboxylic acids is 1. The molecule has 0 radical (unpaired) electrons. The fourth-order valence-corrected chi connectivity index (χ4v) is 3.03. The highest BCUT2D eigenvalue weighted by Crippen LogP contribution is 2.37. The zero-order valence-corrected chi connectivity index (χ0v) is 11.3. The molecule has 1 aromatic heterocycles. The third kappa shape index (κ3) is 2.26. The Bertz CT molecular complexity index is 634. The van der Waals surface area contributed by atoms with Crippen molar-refractivity contribution >= 4 is 28.9 Å². The van der Waals surface area contributed by atoms with Crippen molar-refractivity contribution in [2.24, 2.45) is 0 Å².